The molecule has 198 valence electrons. The number of esters is 3. The molecular weight excluding hydrogens is 617 g/mol. The van der Waals surface area contributed by atoms with E-state index in [0.29, 0.717) is 14.9 Å². The van der Waals surface area contributed by atoms with Gasteiger partial charge in [0.25, 0.3) is 5.88 Å². The molecule has 1 saturated heterocycles. The molecule has 1 aliphatic heterocycles. The van der Waals surface area contributed by atoms with E-state index in [9.17, 15) is 14.4 Å². The van der Waals surface area contributed by atoms with Crippen LogP contribution < -0.4 is 4.84 Å². The number of para-hydroxylation sites is 1. The molecule has 0 unspecified atom stereocenters. The summed E-state index contributed by atoms with van der Waals surface area (Å²) in [6, 6.07) is 7.21. The monoisotopic (exact) mass is 637 g/mol. The predicted molar refractivity (Wildman–Crippen MR) is 133 cm³/mol. The van der Waals surface area contributed by atoms with Gasteiger partial charge in [-0.15, -0.1) is 5.10 Å². The third-order valence-electron chi connectivity index (χ3n) is 5.47. The maximum Gasteiger partial charge on any atom is 0.303 e. The van der Waals surface area contributed by atoms with Crippen LogP contribution in [-0.2, 0) is 33.3 Å². The van der Waals surface area contributed by atoms with Gasteiger partial charge in [-0.05, 0) is 17.3 Å². The van der Waals surface area contributed by atoms with Crippen LogP contribution in [0.3, 0.4) is 0 Å². The molecular formula is C22H20IN7O8. The fraction of sp³-hybridized carbons (Fsp3) is 0.364. The van der Waals surface area contributed by atoms with Crippen molar-refractivity contribution < 1.29 is 38.2 Å². The molecule has 0 spiro atoms. The van der Waals surface area contributed by atoms with Crippen molar-refractivity contribution in [2.75, 3.05) is 6.61 Å². The van der Waals surface area contributed by atoms with E-state index in [2.05, 4.69) is 25.3 Å². The second-order valence-corrected chi connectivity index (χ2v) is 9.14. The lowest BCUT2D eigenvalue weighted by Gasteiger charge is -2.23. The fourth-order valence-corrected chi connectivity index (χ4v) is 4.48. The Kier molecular flexibility index (Phi) is 7.06. The third-order valence-corrected chi connectivity index (χ3v) is 5.95. The summed E-state index contributed by atoms with van der Waals surface area (Å²) in [4.78, 5) is 55.6. The van der Waals surface area contributed by atoms with Crippen molar-refractivity contribution in [1.29, 1.82) is 0 Å². The summed E-state index contributed by atoms with van der Waals surface area (Å²) in [5, 5.41) is 8.08. The zero-order valence-electron chi connectivity index (χ0n) is 20.2. The molecule has 3 aromatic heterocycles. The molecule has 38 heavy (non-hydrogen) atoms. The molecule has 0 amide bonds. The Labute approximate surface area is 227 Å². The van der Waals surface area contributed by atoms with E-state index in [0.717, 1.165) is 0 Å². The van der Waals surface area contributed by atoms with Gasteiger partial charge in [-0.1, -0.05) is 17.0 Å². The van der Waals surface area contributed by atoms with Crippen molar-refractivity contribution >= 4 is 62.7 Å². The van der Waals surface area contributed by atoms with Crippen LogP contribution in [-0.4, -0.2) is 77.5 Å². The first kappa shape index (κ1) is 25.7. The number of imidazole rings is 1. The largest absolute Gasteiger partial charge is 0.463 e. The van der Waals surface area contributed by atoms with Crippen molar-refractivity contribution in [2.45, 2.75) is 45.3 Å². The Morgan fingerprint density at radius 1 is 1.03 bits per heavy atom. The molecule has 15 nitrogen and oxygen atoms in total. The molecule has 0 bridgehead atoms. The Morgan fingerprint density at radius 3 is 2.50 bits per heavy atom. The number of ether oxygens (including phenoxy) is 4. The first-order chi connectivity index (χ1) is 18.2. The van der Waals surface area contributed by atoms with Crippen LogP contribution in [0.2, 0.25) is 0 Å². The molecule has 4 heterocycles. The van der Waals surface area contributed by atoms with Gasteiger partial charge in [-0.2, -0.15) is 4.98 Å². The van der Waals surface area contributed by atoms with Crippen LogP contribution in [0.1, 0.15) is 27.0 Å². The number of fused-ring (bicyclic) bond motifs is 2. The van der Waals surface area contributed by atoms with Gasteiger partial charge in [-0.25, -0.2) is 9.97 Å². The zero-order valence-corrected chi connectivity index (χ0v) is 22.3. The van der Waals surface area contributed by atoms with Gasteiger partial charge in [0.1, 0.15) is 23.7 Å². The van der Waals surface area contributed by atoms with Gasteiger partial charge in [0, 0.05) is 43.4 Å². The smallest absolute Gasteiger partial charge is 0.303 e. The maximum atomic E-state index is 12.0. The summed E-state index contributed by atoms with van der Waals surface area (Å²) in [6.45, 7) is 3.42. The van der Waals surface area contributed by atoms with Gasteiger partial charge >= 0.3 is 17.9 Å². The molecule has 0 N–H and O–H groups in total. The van der Waals surface area contributed by atoms with Crippen molar-refractivity contribution in [2.24, 2.45) is 0 Å². The molecule has 4 atom stereocenters. The average molecular weight is 637 g/mol. The lowest BCUT2D eigenvalue weighted by atomic mass is 10.1. The summed E-state index contributed by atoms with van der Waals surface area (Å²) in [5.74, 6) is -1.73. The highest BCUT2D eigenvalue weighted by molar-refractivity contribution is 14.1. The summed E-state index contributed by atoms with van der Waals surface area (Å²) in [7, 11) is 0. The van der Waals surface area contributed by atoms with E-state index >= 15 is 0 Å². The number of nitrogens with zero attached hydrogens (tertiary/aromatic N) is 7. The highest BCUT2D eigenvalue weighted by atomic mass is 127. The van der Waals surface area contributed by atoms with E-state index < -0.39 is 42.4 Å². The van der Waals surface area contributed by atoms with Crippen LogP contribution in [0.4, 0.5) is 0 Å². The molecule has 16 heteroatoms. The third kappa shape index (κ3) is 5.08. The highest BCUT2D eigenvalue weighted by Gasteiger charge is 2.51. The highest BCUT2D eigenvalue weighted by Crippen LogP contribution is 2.37. The molecule has 4 aromatic rings. The Bertz CT molecular complexity index is 1540. The van der Waals surface area contributed by atoms with Gasteiger partial charge in [0.2, 0.25) is 0 Å². The van der Waals surface area contributed by atoms with Crippen LogP contribution >= 0.6 is 22.6 Å². The van der Waals surface area contributed by atoms with E-state index in [4.69, 9.17) is 23.8 Å². The minimum Gasteiger partial charge on any atom is -0.463 e. The van der Waals surface area contributed by atoms with Crippen LogP contribution in [0.15, 0.2) is 30.6 Å². The van der Waals surface area contributed by atoms with Crippen LogP contribution in [0.5, 0.6) is 5.88 Å². The Morgan fingerprint density at radius 2 is 1.76 bits per heavy atom. The predicted octanol–water partition coefficient (Wildman–Crippen LogP) is 1.34. The molecule has 0 radical (unpaired) electrons. The number of hydrogen-bond acceptors (Lipinski definition) is 13. The van der Waals surface area contributed by atoms with Crippen molar-refractivity contribution in [3.05, 3.63) is 34.4 Å². The van der Waals surface area contributed by atoms with Crippen molar-refractivity contribution in [3.8, 4) is 5.88 Å². The first-order valence-corrected chi connectivity index (χ1v) is 12.3. The summed E-state index contributed by atoms with van der Waals surface area (Å²) >= 11 is 1.92. The second kappa shape index (κ2) is 10.4. The number of aromatic nitrogens is 7. The minimum absolute atomic E-state index is 0.0869. The number of halogens is 1. The number of carbonyl (C=O) groups is 3. The SMILES string of the molecule is CC(=O)OC[C@H]1O[C@@H](n2cnc3c(On4nnc5ccccc54)nc(I)nc32)[C@H](OC(C)=O)[C@@H]1OC(C)=O. The Hall–Kier alpha value is -3.93. The van der Waals surface area contributed by atoms with E-state index in [-0.39, 0.29) is 23.7 Å². The standard InChI is InChI=1S/C22H20IN7O8/c1-10(31)34-8-15-17(35-11(2)32)18(36-12(3)33)21(37-15)29-9-24-16-19(29)25-22(23)26-20(16)38-30-14-7-5-4-6-13(14)27-28-30/h4-7,9,15,17-18,21H,8H2,1-3H3/t15-,17-,18-,21-/m1/s1. The number of hydrogen-bond donors (Lipinski definition) is 0. The lowest BCUT2D eigenvalue weighted by molar-refractivity contribution is -0.166. The number of benzene rings is 1. The Balaban J connectivity index is 1.54. The van der Waals surface area contributed by atoms with Crippen LogP contribution in [0, 0.1) is 3.83 Å². The van der Waals surface area contributed by atoms with Crippen molar-refractivity contribution in [3.63, 3.8) is 0 Å². The molecule has 1 aliphatic rings. The minimum atomic E-state index is -1.11. The van der Waals surface area contributed by atoms with E-state index in [1.165, 1.54) is 36.5 Å². The summed E-state index contributed by atoms with van der Waals surface area (Å²) in [6.07, 6.45) is -2.75. The number of carbonyl (C=O) groups excluding carboxylic acids is 3. The lowest BCUT2D eigenvalue weighted by Crippen LogP contribution is -2.40. The normalized spacial score (nSPS) is 20.9. The zero-order chi connectivity index (χ0) is 27.0. The maximum absolute atomic E-state index is 12.0. The van der Waals surface area contributed by atoms with E-state index in [1.54, 1.807) is 12.1 Å². The molecule has 0 aliphatic carbocycles. The quantitative estimate of drug-likeness (QED) is 0.123. The van der Waals surface area contributed by atoms with Crippen molar-refractivity contribution in [1.82, 2.24) is 34.7 Å². The molecule has 1 aromatic carbocycles. The van der Waals surface area contributed by atoms with Gasteiger partial charge in [-0.3, -0.25) is 19.0 Å². The summed E-state index contributed by atoms with van der Waals surface area (Å²) in [5.41, 5.74) is 1.76. The topological polar surface area (TPSA) is 172 Å². The molecule has 0 saturated carbocycles. The van der Waals surface area contributed by atoms with E-state index in [1.807, 2.05) is 34.7 Å². The second-order valence-electron chi connectivity index (χ2n) is 8.18. The van der Waals surface area contributed by atoms with Gasteiger partial charge in [0.15, 0.2) is 33.4 Å². The van der Waals surface area contributed by atoms with Crippen LogP contribution in [0.25, 0.3) is 22.2 Å². The number of rotatable bonds is 7. The van der Waals surface area contributed by atoms with Gasteiger partial charge < -0.3 is 23.8 Å². The molecule has 5 rings (SSSR count). The molecule has 1 fully saturated rings. The summed E-state index contributed by atoms with van der Waals surface area (Å²) < 4.78 is 23.9. The first-order valence-electron chi connectivity index (χ1n) is 11.2. The fourth-order valence-electron chi connectivity index (χ4n) is 4.03. The van der Waals surface area contributed by atoms with Gasteiger partial charge in [0.05, 0.1) is 6.33 Å². The average Bonchev–Trinajstić information content (AvgIpc) is 3.54.